The zero-order valence-electron chi connectivity index (χ0n) is 10.5. The molecule has 2 aromatic rings. The third kappa shape index (κ3) is 2.26. The van der Waals surface area contributed by atoms with Crippen LogP contribution in [0, 0.1) is 0 Å². The Labute approximate surface area is 111 Å². The van der Waals surface area contributed by atoms with Crippen molar-refractivity contribution in [3.63, 3.8) is 0 Å². The van der Waals surface area contributed by atoms with Crippen LogP contribution in [-0.2, 0) is 5.54 Å². The van der Waals surface area contributed by atoms with Crippen LogP contribution in [0.2, 0.25) is 5.02 Å². The number of nitrogens with zero attached hydrogens (tertiary/aromatic N) is 2. The van der Waals surface area contributed by atoms with Gasteiger partial charge in [0.15, 0.2) is 5.82 Å². The van der Waals surface area contributed by atoms with Gasteiger partial charge in [0.25, 0.3) is 5.89 Å². The zero-order valence-corrected chi connectivity index (χ0v) is 11.2. The monoisotopic (exact) mass is 265 g/mol. The highest BCUT2D eigenvalue weighted by atomic mass is 35.5. The molecule has 0 aliphatic rings. The van der Waals surface area contributed by atoms with Crippen LogP contribution in [0.4, 0.5) is 0 Å². The Morgan fingerprint density at radius 2 is 1.94 bits per heavy atom. The molecule has 0 bridgehead atoms. The highest BCUT2D eigenvalue weighted by Gasteiger charge is 2.29. The van der Waals surface area contributed by atoms with Gasteiger partial charge < -0.3 is 10.3 Å². The molecule has 0 atom stereocenters. The molecule has 0 saturated carbocycles. The minimum atomic E-state index is -0.539. The Balaban J connectivity index is 2.40. The van der Waals surface area contributed by atoms with Gasteiger partial charge in [0.1, 0.15) is 0 Å². The summed E-state index contributed by atoms with van der Waals surface area (Å²) in [7, 11) is 0. The van der Waals surface area contributed by atoms with Crippen molar-refractivity contribution >= 4 is 11.6 Å². The second kappa shape index (κ2) is 5.08. The molecule has 0 unspecified atom stereocenters. The predicted molar refractivity (Wildman–Crippen MR) is 71.2 cm³/mol. The van der Waals surface area contributed by atoms with E-state index in [1.165, 1.54) is 0 Å². The third-order valence-corrected chi connectivity index (χ3v) is 3.57. The standard InChI is InChI=1S/C13H16ClN3O/c1-3-13(15,4-2)12-16-11(18-17-12)9-7-5-6-8-10(9)14/h5-8H,3-4,15H2,1-2H3. The highest BCUT2D eigenvalue weighted by molar-refractivity contribution is 6.33. The molecule has 5 heteroatoms. The van der Waals surface area contributed by atoms with E-state index in [0.29, 0.717) is 16.7 Å². The van der Waals surface area contributed by atoms with Crippen molar-refractivity contribution in [2.24, 2.45) is 5.73 Å². The van der Waals surface area contributed by atoms with Gasteiger partial charge in [-0.3, -0.25) is 0 Å². The van der Waals surface area contributed by atoms with E-state index >= 15 is 0 Å². The van der Waals surface area contributed by atoms with E-state index in [9.17, 15) is 0 Å². The quantitative estimate of drug-likeness (QED) is 0.921. The van der Waals surface area contributed by atoms with E-state index in [-0.39, 0.29) is 0 Å². The van der Waals surface area contributed by atoms with Crippen LogP contribution in [0.3, 0.4) is 0 Å². The fourth-order valence-electron chi connectivity index (χ4n) is 1.74. The van der Waals surface area contributed by atoms with Gasteiger partial charge >= 0.3 is 0 Å². The van der Waals surface area contributed by atoms with Gasteiger partial charge in [-0.15, -0.1) is 0 Å². The highest BCUT2D eigenvalue weighted by Crippen LogP contribution is 2.29. The maximum atomic E-state index is 6.23. The summed E-state index contributed by atoms with van der Waals surface area (Å²) >= 11 is 6.09. The molecule has 0 spiro atoms. The molecule has 0 aliphatic carbocycles. The summed E-state index contributed by atoms with van der Waals surface area (Å²) in [6, 6.07) is 7.36. The molecule has 2 N–H and O–H groups in total. The van der Waals surface area contributed by atoms with E-state index in [2.05, 4.69) is 10.1 Å². The first-order chi connectivity index (χ1) is 8.60. The second-order valence-electron chi connectivity index (χ2n) is 4.27. The summed E-state index contributed by atoms with van der Waals surface area (Å²) in [6.07, 6.45) is 1.51. The smallest absolute Gasteiger partial charge is 0.259 e. The van der Waals surface area contributed by atoms with Crippen LogP contribution < -0.4 is 5.73 Å². The molecule has 96 valence electrons. The molecular weight excluding hydrogens is 250 g/mol. The van der Waals surface area contributed by atoms with Crippen LogP contribution in [0.15, 0.2) is 28.8 Å². The molecule has 2 rings (SSSR count). The summed E-state index contributed by atoms with van der Waals surface area (Å²) in [5, 5.41) is 4.56. The number of hydrogen-bond donors (Lipinski definition) is 1. The van der Waals surface area contributed by atoms with Crippen molar-refractivity contribution in [1.82, 2.24) is 10.1 Å². The van der Waals surface area contributed by atoms with Crippen LogP contribution in [0.5, 0.6) is 0 Å². The number of halogens is 1. The molecule has 0 aliphatic heterocycles. The molecule has 4 nitrogen and oxygen atoms in total. The second-order valence-corrected chi connectivity index (χ2v) is 4.67. The summed E-state index contributed by atoms with van der Waals surface area (Å²) in [4.78, 5) is 4.37. The fraction of sp³-hybridized carbons (Fsp3) is 0.385. The SMILES string of the molecule is CCC(N)(CC)c1noc(-c2ccccc2Cl)n1. The van der Waals surface area contributed by atoms with Crippen molar-refractivity contribution in [2.75, 3.05) is 0 Å². The summed E-state index contributed by atoms with van der Waals surface area (Å²) in [5.41, 5.74) is 6.42. The van der Waals surface area contributed by atoms with Crippen molar-refractivity contribution in [2.45, 2.75) is 32.2 Å². The number of hydrogen-bond acceptors (Lipinski definition) is 4. The lowest BCUT2D eigenvalue weighted by atomic mass is 9.93. The van der Waals surface area contributed by atoms with Crippen molar-refractivity contribution in [1.29, 1.82) is 0 Å². The first-order valence-electron chi connectivity index (χ1n) is 5.98. The molecular formula is C13H16ClN3O. The molecule has 1 heterocycles. The molecule has 1 aromatic carbocycles. The topological polar surface area (TPSA) is 64.9 Å². The first-order valence-corrected chi connectivity index (χ1v) is 6.36. The largest absolute Gasteiger partial charge is 0.334 e. The van der Waals surface area contributed by atoms with Gasteiger partial charge in [0.2, 0.25) is 0 Å². The number of benzene rings is 1. The lowest BCUT2D eigenvalue weighted by Crippen LogP contribution is -2.36. The van der Waals surface area contributed by atoms with Gasteiger partial charge in [-0.05, 0) is 25.0 Å². The van der Waals surface area contributed by atoms with Gasteiger partial charge in [0.05, 0.1) is 16.1 Å². The van der Waals surface area contributed by atoms with Crippen molar-refractivity contribution < 1.29 is 4.52 Å². The normalized spacial score (nSPS) is 11.8. The Morgan fingerprint density at radius 3 is 2.56 bits per heavy atom. The molecule has 0 saturated heterocycles. The Morgan fingerprint density at radius 1 is 1.28 bits per heavy atom. The van der Waals surface area contributed by atoms with E-state index in [1.54, 1.807) is 6.07 Å². The van der Waals surface area contributed by atoms with E-state index < -0.39 is 5.54 Å². The fourth-order valence-corrected chi connectivity index (χ4v) is 1.95. The van der Waals surface area contributed by atoms with E-state index in [4.69, 9.17) is 21.9 Å². The van der Waals surface area contributed by atoms with Crippen LogP contribution in [-0.4, -0.2) is 10.1 Å². The molecule has 0 amide bonds. The average Bonchev–Trinajstić information content (AvgIpc) is 2.88. The summed E-state index contributed by atoms with van der Waals surface area (Å²) in [5.74, 6) is 0.940. The van der Waals surface area contributed by atoms with Crippen molar-refractivity contribution in [3.05, 3.63) is 35.1 Å². The van der Waals surface area contributed by atoms with Gasteiger partial charge in [-0.1, -0.05) is 42.7 Å². The summed E-state index contributed by atoms with van der Waals surface area (Å²) < 4.78 is 5.26. The number of rotatable bonds is 4. The van der Waals surface area contributed by atoms with Crippen molar-refractivity contribution in [3.8, 4) is 11.5 Å². The molecule has 1 aromatic heterocycles. The van der Waals surface area contributed by atoms with E-state index in [0.717, 1.165) is 18.4 Å². The van der Waals surface area contributed by atoms with Crippen LogP contribution >= 0.6 is 11.6 Å². The van der Waals surface area contributed by atoms with E-state index in [1.807, 2.05) is 32.0 Å². The predicted octanol–water partition coefficient (Wildman–Crippen LogP) is 3.36. The molecule has 0 radical (unpaired) electrons. The average molecular weight is 266 g/mol. The Hall–Kier alpha value is -1.39. The zero-order chi connectivity index (χ0) is 13.2. The van der Waals surface area contributed by atoms with Gasteiger partial charge in [-0.25, -0.2) is 0 Å². The lowest BCUT2D eigenvalue weighted by molar-refractivity contribution is 0.350. The molecule has 18 heavy (non-hydrogen) atoms. The number of aromatic nitrogens is 2. The number of nitrogens with two attached hydrogens (primary N) is 1. The Bertz CT molecular complexity index is 535. The summed E-state index contributed by atoms with van der Waals surface area (Å²) in [6.45, 7) is 4.02. The van der Waals surface area contributed by atoms with Gasteiger partial charge in [0, 0.05) is 0 Å². The minimum Gasteiger partial charge on any atom is -0.334 e. The van der Waals surface area contributed by atoms with Crippen LogP contribution in [0.1, 0.15) is 32.5 Å². The van der Waals surface area contributed by atoms with Gasteiger partial charge in [-0.2, -0.15) is 4.98 Å². The molecule has 0 fully saturated rings. The lowest BCUT2D eigenvalue weighted by Gasteiger charge is -2.21. The third-order valence-electron chi connectivity index (χ3n) is 3.24. The first kappa shape index (κ1) is 13.1. The minimum absolute atomic E-state index is 0.410. The maximum Gasteiger partial charge on any atom is 0.259 e. The Kier molecular flexibility index (Phi) is 3.68. The maximum absolute atomic E-state index is 6.23. The van der Waals surface area contributed by atoms with Crippen LogP contribution in [0.25, 0.3) is 11.5 Å².